The number of benzene rings is 1. The summed E-state index contributed by atoms with van der Waals surface area (Å²) in [5.74, 6) is -0.303. The third-order valence-corrected chi connectivity index (χ3v) is 3.68. The Balaban J connectivity index is 2.33. The average Bonchev–Trinajstić information content (AvgIpc) is 2.44. The number of carbonyl (C=O) groups excluding carboxylic acids is 1. The first kappa shape index (κ1) is 15.2. The fourth-order valence-electron chi connectivity index (χ4n) is 2.60. The molecule has 0 radical (unpaired) electrons. The van der Waals surface area contributed by atoms with E-state index in [1.807, 2.05) is 0 Å². The Kier molecular flexibility index (Phi) is 4.13. The van der Waals surface area contributed by atoms with Crippen LogP contribution in [0.1, 0.15) is 30.1 Å². The molecule has 1 saturated heterocycles. The highest BCUT2D eigenvalue weighted by Crippen LogP contribution is 2.26. The molecule has 1 amide bonds. The smallest absolute Gasteiger partial charge is 0.270 e. The maximum atomic E-state index is 12.6. The van der Waals surface area contributed by atoms with E-state index in [2.05, 4.69) is 5.32 Å². The molecule has 0 spiro atoms. The number of amides is 1. The lowest BCUT2D eigenvalue weighted by Gasteiger charge is -2.37. The number of nitro groups is 1. The number of anilines is 1. The monoisotopic (exact) mass is 293 g/mol. The van der Waals surface area contributed by atoms with E-state index >= 15 is 0 Å². The molecule has 7 nitrogen and oxygen atoms in total. The van der Waals surface area contributed by atoms with E-state index in [0.717, 1.165) is 0 Å². The van der Waals surface area contributed by atoms with E-state index in [4.69, 9.17) is 0 Å². The largest absolute Gasteiger partial charge is 0.388 e. The summed E-state index contributed by atoms with van der Waals surface area (Å²) in [5, 5.41) is 23.8. The van der Waals surface area contributed by atoms with Crippen LogP contribution in [0.25, 0.3) is 0 Å². The molecule has 2 N–H and O–H groups in total. The number of non-ortho nitro benzene ring substituents is 1. The summed E-state index contributed by atoms with van der Waals surface area (Å²) in [7, 11) is 1.66. The first-order valence-electron chi connectivity index (χ1n) is 6.82. The minimum absolute atomic E-state index is 0.124. The van der Waals surface area contributed by atoms with E-state index in [9.17, 15) is 20.0 Å². The van der Waals surface area contributed by atoms with E-state index in [-0.39, 0.29) is 23.7 Å². The van der Waals surface area contributed by atoms with Crippen LogP contribution in [0.4, 0.5) is 11.4 Å². The molecule has 1 atom stereocenters. The van der Waals surface area contributed by atoms with E-state index in [1.54, 1.807) is 18.9 Å². The summed E-state index contributed by atoms with van der Waals surface area (Å²) in [6.07, 6.45) is 1.35. The molecule has 2 rings (SSSR count). The van der Waals surface area contributed by atoms with Crippen LogP contribution in [0.3, 0.4) is 0 Å². The van der Waals surface area contributed by atoms with Gasteiger partial charge in [0.2, 0.25) is 0 Å². The number of piperidine rings is 1. The molecule has 1 aromatic carbocycles. The lowest BCUT2D eigenvalue weighted by atomic mass is 9.94. The summed E-state index contributed by atoms with van der Waals surface area (Å²) in [4.78, 5) is 24.5. The second-order valence-corrected chi connectivity index (χ2v) is 5.56. The van der Waals surface area contributed by atoms with Crippen molar-refractivity contribution in [2.45, 2.75) is 25.4 Å². The summed E-state index contributed by atoms with van der Waals surface area (Å²) >= 11 is 0. The molecule has 0 saturated carbocycles. The Morgan fingerprint density at radius 2 is 2.24 bits per heavy atom. The molecule has 0 aliphatic carbocycles. The summed E-state index contributed by atoms with van der Waals surface area (Å²) in [6, 6.07) is 4.15. The Hall–Kier alpha value is -2.15. The van der Waals surface area contributed by atoms with Crippen molar-refractivity contribution in [1.82, 2.24) is 4.90 Å². The molecular formula is C14H19N3O4. The molecular weight excluding hydrogens is 274 g/mol. The van der Waals surface area contributed by atoms with E-state index in [0.29, 0.717) is 25.1 Å². The highest BCUT2D eigenvalue weighted by Gasteiger charge is 2.32. The van der Waals surface area contributed by atoms with Crippen molar-refractivity contribution < 1.29 is 14.8 Å². The molecule has 0 bridgehead atoms. The fraction of sp³-hybridized carbons (Fsp3) is 0.500. The molecule has 1 heterocycles. The Bertz CT molecular complexity index is 571. The van der Waals surface area contributed by atoms with Crippen LogP contribution in [-0.2, 0) is 0 Å². The first-order valence-corrected chi connectivity index (χ1v) is 6.82. The number of β-amino-alcohol motifs (C(OH)–C–C–N with tert-alkyl or cyclic N) is 1. The van der Waals surface area contributed by atoms with E-state index in [1.165, 1.54) is 18.2 Å². The minimum atomic E-state index is -0.908. The second kappa shape index (κ2) is 5.69. The zero-order chi connectivity index (χ0) is 15.6. The molecule has 1 unspecified atom stereocenters. The molecule has 0 aromatic heterocycles. The van der Waals surface area contributed by atoms with Gasteiger partial charge in [-0.1, -0.05) is 0 Å². The van der Waals surface area contributed by atoms with Gasteiger partial charge < -0.3 is 15.3 Å². The van der Waals surface area contributed by atoms with Crippen LogP contribution in [0.15, 0.2) is 18.2 Å². The van der Waals surface area contributed by atoms with Gasteiger partial charge in [0.15, 0.2) is 0 Å². The number of hydrogen-bond donors (Lipinski definition) is 2. The second-order valence-electron chi connectivity index (χ2n) is 5.56. The number of rotatable bonds is 3. The van der Waals surface area contributed by atoms with Gasteiger partial charge in [0.05, 0.1) is 16.1 Å². The van der Waals surface area contributed by atoms with E-state index < -0.39 is 10.5 Å². The predicted octanol–water partition coefficient (Wildman–Crippen LogP) is 1.62. The SMILES string of the molecule is CNc1ccc([N+](=O)[O-])cc1C(=O)N1CCCC(C)(O)C1. The Morgan fingerprint density at radius 3 is 2.81 bits per heavy atom. The van der Waals surface area contributed by atoms with Crippen LogP contribution < -0.4 is 5.32 Å². The number of nitrogens with one attached hydrogen (secondary N) is 1. The first-order chi connectivity index (χ1) is 9.84. The van der Waals surface area contributed by atoms with Gasteiger partial charge in [0, 0.05) is 38.0 Å². The standard InChI is InChI=1S/C14H19N3O4/c1-14(19)6-3-7-16(9-14)13(18)11-8-10(17(20)21)4-5-12(11)15-2/h4-5,8,15,19H,3,6-7,9H2,1-2H3. The van der Waals surface area contributed by atoms with Gasteiger partial charge in [-0.2, -0.15) is 0 Å². The van der Waals surface area contributed by atoms with Crippen molar-refractivity contribution in [2.75, 3.05) is 25.5 Å². The number of hydrogen-bond acceptors (Lipinski definition) is 5. The number of likely N-dealkylation sites (tertiary alicyclic amines) is 1. The maximum Gasteiger partial charge on any atom is 0.270 e. The van der Waals surface area contributed by atoms with Crippen molar-refractivity contribution in [2.24, 2.45) is 0 Å². The summed E-state index contributed by atoms with van der Waals surface area (Å²) in [6.45, 7) is 2.47. The van der Waals surface area contributed by atoms with Crippen molar-refractivity contribution in [3.05, 3.63) is 33.9 Å². The van der Waals surface area contributed by atoms with Gasteiger partial charge in [0.25, 0.3) is 11.6 Å². The highest BCUT2D eigenvalue weighted by atomic mass is 16.6. The number of nitro benzene ring substituents is 1. The third-order valence-electron chi connectivity index (χ3n) is 3.68. The topological polar surface area (TPSA) is 95.7 Å². The number of carbonyl (C=O) groups is 1. The zero-order valence-electron chi connectivity index (χ0n) is 12.1. The van der Waals surface area contributed by atoms with Gasteiger partial charge in [-0.05, 0) is 25.8 Å². The summed E-state index contributed by atoms with van der Waals surface area (Å²) in [5.41, 5.74) is -0.240. The van der Waals surface area contributed by atoms with Crippen molar-refractivity contribution in [3.63, 3.8) is 0 Å². The van der Waals surface area contributed by atoms with Crippen LogP contribution in [-0.4, -0.2) is 46.6 Å². The van der Waals surface area contributed by atoms with Gasteiger partial charge in [-0.3, -0.25) is 14.9 Å². The van der Waals surface area contributed by atoms with Crippen LogP contribution in [0.2, 0.25) is 0 Å². The maximum absolute atomic E-state index is 12.6. The van der Waals surface area contributed by atoms with Crippen molar-refractivity contribution >= 4 is 17.3 Å². The molecule has 1 fully saturated rings. The normalized spacial score (nSPS) is 22.0. The number of nitrogens with zero attached hydrogens (tertiary/aromatic N) is 2. The predicted molar refractivity (Wildman–Crippen MR) is 78.4 cm³/mol. The van der Waals surface area contributed by atoms with Gasteiger partial charge in [0.1, 0.15) is 0 Å². The minimum Gasteiger partial charge on any atom is -0.388 e. The number of aliphatic hydroxyl groups is 1. The zero-order valence-corrected chi connectivity index (χ0v) is 12.1. The van der Waals surface area contributed by atoms with Gasteiger partial charge in [-0.15, -0.1) is 0 Å². The van der Waals surface area contributed by atoms with Crippen LogP contribution >= 0.6 is 0 Å². The Morgan fingerprint density at radius 1 is 1.52 bits per heavy atom. The molecule has 1 aromatic rings. The highest BCUT2D eigenvalue weighted by molar-refractivity contribution is 6.00. The van der Waals surface area contributed by atoms with Gasteiger partial charge >= 0.3 is 0 Å². The molecule has 7 heteroatoms. The van der Waals surface area contributed by atoms with Crippen LogP contribution in [0.5, 0.6) is 0 Å². The molecule has 21 heavy (non-hydrogen) atoms. The molecule has 114 valence electrons. The van der Waals surface area contributed by atoms with Crippen molar-refractivity contribution in [1.29, 1.82) is 0 Å². The van der Waals surface area contributed by atoms with Crippen molar-refractivity contribution in [3.8, 4) is 0 Å². The lowest BCUT2D eigenvalue weighted by molar-refractivity contribution is -0.384. The average molecular weight is 293 g/mol. The quantitative estimate of drug-likeness (QED) is 0.652. The Labute approximate surface area is 122 Å². The fourth-order valence-corrected chi connectivity index (χ4v) is 2.60. The third kappa shape index (κ3) is 3.30. The molecule has 1 aliphatic heterocycles. The van der Waals surface area contributed by atoms with Gasteiger partial charge in [-0.25, -0.2) is 0 Å². The van der Waals surface area contributed by atoms with Crippen LogP contribution in [0, 0.1) is 10.1 Å². The lowest BCUT2D eigenvalue weighted by Crippen LogP contribution is -2.48. The summed E-state index contributed by atoms with van der Waals surface area (Å²) < 4.78 is 0. The molecule has 1 aliphatic rings.